The fourth-order valence-electron chi connectivity index (χ4n) is 2.58. The predicted molar refractivity (Wildman–Crippen MR) is 93.9 cm³/mol. The molecular formula is C18H19N3O4. The smallest absolute Gasteiger partial charge is 0.271 e. The summed E-state index contributed by atoms with van der Waals surface area (Å²) in [5, 5.41) is 10.7. The largest absolute Gasteiger partial charge is 0.492 e. The van der Waals surface area contributed by atoms with Gasteiger partial charge in [-0.05, 0) is 11.6 Å². The van der Waals surface area contributed by atoms with E-state index in [2.05, 4.69) is 17.0 Å². The van der Waals surface area contributed by atoms with Crippen molar-refractivity contribution in [2.24, 2.45) is 0 Å². The second-order valence-electron chi connectivity index (χ2n) is 5.73. The molecule has 0 radical (unpaired) electrons. The summed E-state index contributed by atoms with van der Waals surface area (Å²) >= 11 is 0. The van der Waals surface area contributed by atoms with E-state index < -0.39 is 4.92 Å². The Morgan fingerprint density at radius 2 is 2.08 bits per heavy atom. The van der Waals surface area contributed by atoms with Gasteiger partial charge < -0.3 is 15.2 Å². The third-order valence-electron chi connectivity index (χ3n) is 3.84. The first-order valence-corrected chi connectivity index (χ1v) is 7.90. The summed E-state index contributed by atoms with van der Waals surface area (Å²) in [5.41, 5.74) is 7.18. The SMILES string of the molecule is Nc1cc([N+](=O)[O-])ccc1OC=C1CN(Cc2ccccc2)CCO1. The number of hydrogen-bond acceptors (Lipinski definition) is 6. The maximum Gasteiger partial charge on any atom is 0.271 e. The molecule has 0 saturated carbocycles. The van der Waals surface area contributed by atoms with Gasteiger partial charge in [0.05, 0.1) is 17.2 Å². The number of non-ortho nitro benzene ring substituents is 1. The van der Waals surface area contributed by atoms with E-state index >= 15 is 0 Å². The summed E-state index contributed by atoms with van der Waals surface area (Å²) in [5.74, 6) is 1.06. The molecule has 2 aromatic rings. The lowest BCUT2D eigenvalue weighted by molar-refractivity contribution is -0.384. The van der Waals surface area contributed by atoms with Crippen molar-refractivity contribution in [2.45, 2.75) is 6.54 Å². The summed E-state index contributed by atoms with van der Waals surface area (Å²) in [6, 6.07) is 14.3. The summed E-state index contributed by atoms with van der Waals surface area (Å²) in [6.45, 7) is 2.88. The van der Waals surface area contributed by atoms with Crippen LogP contribution in [-0.2, 0) is 11.3 Å². The Morgan fingerprint density at radius 3 is 2.80 bits per heavy atom. The Labute approximate surface area is 145 Å². The van der Waals surface area contributed by atoms with E-state index in [0.717, 1.165) is 13.1 Å². The van der Waals surface area contributed by atoms with Crippen molar-refractivity contribution in [3.05, 3.63) is 76.2 Å². The number of nitrogens with two attached hydrogens (primary N) is 1. The van der Waals surface area contributed by atoms with Gasteiger partial charge in [0.25, 0.3) is 5.69 Å². The summed E-state index contributed by atoms with van der Waals surface area (Å²) in [4.78, 5) is 12.5. The molecule has 0 unspecified atom stereocenters. The number of nitrogens with zero attached hydrogens (tertiary/aromatic N) is 2. The van der Waals surface area contributed by atoms with Crippen LogP contribution in [0.2, 0.25) is 0 Å². The van der Waals surface area contributed by atoms with Gasteiger partial charge in [0.2, 0.25) is 0 Å². The molecule has 2 aromatic carbocycles. The molecule has 0 spiro atoms. The molecular weight excluding hydrogens is 322 g/mol. The molecule has 7 heteroatoms. The number of nitro benzene ring substituents is 1. The summed E-state index contributed by atoms with van der Waals surface area (Å²) in [7, 11) is 0. The van der Waals surface area contributed by atoms with E-state index in [4.69, 9.17) is 15.2 Å². The van der Waals surface area contributed by atoms with E-state index in [-0.39, 0.29) is 11.4 Å². The lowest BCUT2D eigenvalue weighted by Crippen LogP contribution is -2.34. The van der Waals surface area contributed by atoms with Gasteiger partial charge >= 0.3 is 0 Å². The molecule has 7 nitrogen and oxygen atoms in total. The first-order valence-electron chi connectivity index (χ1n) is 7.90. The van der Waals surface area contributed by atoms with Crippen LogP contribution >= 0.6 is 0 Å². The van der Waals surface area contributed by atoms with E-state index in [0.29, 0.717) is 24.7 Å². The molecule has 0 aromatic heterocycles. The molecule has 2 N–H and O–H groups in total. The second kappa shape index (κ2) is 7.67. The standard InChI is InChI=1S/C18H19N3O4/c19-17-10-15(21(22)23)6-7-18(17)25-13-16-12-20(8-9-24-16)11-14-4-2-1-3-5-14/h1-7,10,13H,8-9,11-12,19H2. The van der Waals surface area contributed by atoms with Crippen LogP contribution < -0.4 is 10.5 Å². The molecule has 0 bridgehead atoms. The minimum atomic E-state index is -0.496. The number of anilines is 1. The molecule has 0 atom stereocenters. The van der Waals surface area contributed by atoms with Crippen LogP contribution in [0.25, 0.3) is 0 Å². The van der Waals surface area contributed by atoms with Crippen LogP contribution in [-0.4, -0.2) is 29.5 Å². The van der Waals surface area contributed by atoms with Crippen molar-refractivity contribution in [3.8, 4) is 5.75 Å². The lowest BCUT2D eigenvalue weighted by Gasteiger charge is -2.28. The van der Waals surface area contributed by atoms with Gasteiger partial charge in [-0.25, -0.2) is 0 Å². The molecule has 1 fully saturated rings. The van der Waals surface area contributed by atoms with Crippen molar-refractivity contribution < 1.29 is 14.4 Å². The van der Waals surface area contributed by atoms with Gasteiger partial charge in [0, 0.05) is 25.2 Å². The normalized spacial score (nSPS) is 16.4. The van der Waals surface area contributed by atoms with Gasteiger partial charge in [0.15, 0.2) is 0 Å². The Morgan fingerprint density at radius 1 is 1.28 bits per heavy atom. The molecule has 1 saturated heterocycles. The van der Waals surface area contributed by atoms with Crippen molar-refractivity contribution in [3.63, 3.8) is 0 Å². The average Bonchev–Trinajstić information content (AvgIpc) is 2.62. The van der Waals surface area contributed by atoms with Gasteiger partial charge in [-0.2, -0.15) is 0 Å². The molecule has 0 amide bonds. The molecule has 25 heavy (non-hydrogen) atoms. The Hall–Kier alpha value is -3.06. The number of nitrogen functional groups attached to an aromatic ring is 1. The highest BCUT2D eigenvalue weighted by molar-refractivity contribution is 5.58. The molecule has 1 aliphatic rings. The maximum absolute atomic E-state index is 10.7. The highest BCUT2D eigenvalue weighted by Crippen LogP contribution is 2.27. The molecule has 130 valence electrons. The first kappa shape index (κ1) is 16.8. The minimum absolute atomic E-state index is 0.0690. The van der Waals surface area contributed by atoms with Crippen molar-refractivity contribution in [1.29, 1.82) is 0 Å². The first-order chi connectivity index (χ1) is 12.1. The van der Waals surface area contributed by atoms with Crippen LogP contribution in [0.4, 0.5) is 11.4 Å². The highest BCUT2D eigenvalue weighted by atomic mass is 16.6. The van der Waals surface area contributed by atoms with E-state index in [1.165, 1.54) is 30.0 Å². The number of hydrogen-bond donors (Lipinski definition) is 1. The number of morpholine rings is 1. The van der Waals surface area contributed by atoms with Gasteiger partial charge in [-0.3, -0.25) is 15.0 Å². The predicted octanol–water partition coefficient (Wildman–Crippen LogP) is 2.93. The average molecular weight is 341 g/mol. The number of ether oxygens (including phenoxy) is 2. The van der Waals surface area contributed by atoms with Gasteiger partial charge in [-0.15, -0.1) is 0 Å². The van der Waals surface area contributed by atoms with Crippen LogP contribution in [0, 0.1) is 10.1 Å². The maximum atomic E-state index is 10.7. The Balaban J connectivity index is 1.62. The van der Waals surface area contributed by atoms with Crippen LogP contribution in [0.3, 0.4) is 0 Å². The third kappa shape index (κ3) is 4.48. The topological polar surface area (TPSA) is 90.9 Å². The van der Waals surface area contributed by atoms with Crippen LogP contribution in [0.5, 0.6) is 5.75 Å². The molecule has 1 heterocycles. The van der Waals surface area contributed by atoms with Crippen molar-refractivity contribution in [2.75, 3.05) is 25.4 Å². The zero-order valence-corrected chi connectivity index (χ0v) is 13.6. The minimum Gasteiger partial charge on any atom is -0.492 e. The number of rotatable bonds is 5. The molecule has 3 rings (SSSR count). The van der Waals surface area contributed by atoms with Crippen molar-refractivity contribution in [1.82, 2.24) is 4.90 Å². The van der Waals surface area contributed by atoms with E-state index in [1.807, 2.05) is 18.2 Å². The fourth-order valence-corrected chi connectivity index (χ4v) is 2.58. The number of benzene rings is 2. The number of nitro groups is 1. The monoisotopic (exact) mass is 341 g/mol. The Kier molecular flexibility index (Phi) is 5.15. The van der Waals surface area contributed by atoms with Crippen molar-refractivity contribution >= 4 is 11.4 Å². The van der Waals surface area contributed by atoms with Gasteiger partial charge in [-0.1, -0.05) is 30.3 Å². The van der Waals surface area contributed by atoms with Crippen LogP contribution in [0.1, 0.15) is 5.56 Å². The fraction of sp³-hybridized carbons (Fsp3) is 0.222. The quantitative estimate of drug-likeness (QED) is 0.389. The molecule has 1 aliphatic heterocycles. The zero-order chi connectivity index (χ0) is 17.6. The zero-order valence-electron chi connectivity index (χ0n) is 13.6. The summed E-state index contributed by atoms with van der Waals surface area (Å²) in [6.07, 6.45) is 1.51. The molecule has 0 aliphatic carbocycles. The van der Waals surface area contributed by atoms with Crippen LogP contribution in [0.15, 0.2) is 60.6 Å². The van der Waals surface area contributed by atoms with Gasteiger partial charge in [0.1, 0.15) is 24.4 Å². The second-order valence-corrected chi connectivity index (χ2v) is 5.73. The Bertz CT molecular complexity index is 777. The van der Waals surface area contributed by atoms with E-state index in [9.17, 15) is 10.1 Å². The summed E-state index contributed by atoms with van der Waals surface area (Å²) < 4.78 is 11.2. The third-order valence-corrected chi connectivity index (χ3v) is 3.84. The lowest BCUT2D eigenvalue weighted by atomic mass is 10.2. The van der Waals surface area contributed by atoms with E-state index in [1.54, 1.807) is 0 Å². The highest BCUT2D eigenvalue weighted by Gasteiger charge is 2.16.